The Hall–Kier alpha value is -1.82. The van der Waals surface area contributed by atoms with E-state index >= 15 is 0 Å². The highest BCUT2D eigenvalue weighted by molar-refractivity contribution is 5.85. The van der Waals surface area contributed by atoms with E-state index < -0.39 is 0 Å². The number of benzene rings is 1. The van der Waals surface area contributed by atoms with Crippen LogP contribution in [-0.4, -0.2) is 40.7 Å². The number of hydrogen-bond acceptors (Lipinski definition) is 4. The molecule has 7 heteroatoms. The van der Waals surface area contributed by atoms with E-state index in [2.05, 4.69) is 40.4 Å². The molecule has 0 radical (unpaired) electrons. The van der Waals surface area contributed by atoms with E-state index in [1.165, 1.54) is 0 Å². The molecule has 1 unspecified atom stereocenters. The SMILES string of the molecule is CN(c1cccc(-n2cnc3ccccc32)n1)C1CCNC1.Cl.Cl. The molecule has 5 nitrogen and oxygen atoms in total. The Morgan fingerprint density at radius 3 is 2.75 bits per heavy atom. The lowest BCUT2D eigenvalue weighted by molar-refractivity contribution is 0.677. The van der Waals surface area contributed by atoms with E-state index in [4.69, 9.17) is 4.98 Å². The molecular weight excluding hydrogens is 345 g/mol. The zero-order valence-corrected chi connectivity index (χ0v) is 15.1. The Labute approximate surface area is 153 Å². The molecule has 0 saturated carbocycles. The molecule has 1 N–H and O–H groups in total. The van der Waals surface area contributed by atoms with Crippen molar-refractivity contribution >= 4 is 41.7 Å². The van der Waals surface area contributed by atoms with Gasteiger partial charge in [0.2, 0.25) is 0 Å². The second-order valence-electron chi connectivity index (χ2n) is 5.71. The fourth-order valence-corrected chi connectivity index (χ4v) is 3.04. The van der Waals surface area contributed by atoms with Crippen LogP contribution in [0.3, 0.4) is 0 Å². The van der Waals surface area contributed by atoms with Gasteiger partial charge >= 0.3 is 0 Å². The number of halogens is 2. The maximum Gasteiger partial charge on any atom is 0.140 e. The van der Waals surface area contributed by atoms with E-state index in [0.29, 0.717) is 6.04 Å². The maximum atomic E-state index is 4.83. The number of likely N-dealkylation sites (N-methyl/N-ethyl adjacent to an activating group) is 1. The molecule has 1 aliphatic rings. The normalized spacial score (nSPS) is 16.5. The molecule has 4 rings (SSSR count). The van der Waals surface area contributed by atoms with Gasteiger partial charge in [0, 0.05) is 19.6 Å². The van der Waals surface area contributed by atoms with Crippen molar-refractivity contribution in [1.29, 1.82) is 0 Å². The molecule has 24 heavy (non-hydrogen) atoms. The molecule has 128 valence electrons. The number of rotatable bonds is 3. The van der Waals surface area contributed by atoms with Gasteiger partial charge in [0.25, 0.3) is 0 Å². The molecule has 0 bridgehead atoms. The first kappa shape index (κ1) is 18.5. The van der Waals surface area contributed by atoms with Crippen LogP contribution in [0.4, 0.5) is 5.82 Å². The zero-order chi connectivity index (χ0) is 14.9. The van der Waals surface area contributed by atoms with Crippen LogP contribution < -0.4 is 10.2 Å². The van der Waals surface area contributed by atoms with Crippen molar-refractivity contribution in [2.45, 2.75) is 12.5 Å². The van der Waals surface area contributed by atoms with Gasteiger partial charge in [-0.05, 0) is 37.2 Å². The highest BCUT2D eigenvalue weighted by Gasteiger charge is 2.20. The van der Waals surface area contributed by atoms with E-state index in [0.717, 1.165) is 42.2 Å². The topological polar surface area (TPSA) is 46.0 Å². The first-order chi connectivity index (χ1) is 10.8. The lowest BCUT2D eigenvalue weighted by atomic mass is 10.2. The monoisotopic (exact) mass is 365 g/mol. The Morgan fingerprint density at radius 1 is 1.12 bits per heavy atom. The van der Waals surface area contributed by atoms with E-state index in [1.54, 1.807) is 0 Å². The van der Waals surface area contributed by atoms with Crippen molar-refractivity contribution in [1.82, 2.24) is 19.9 Å². The van der Waals surface area contributed by atoms with Gasteiger partial charge in [0.15, 0.2) is 0 Å². The Kier molecular flexibility index (Phi) is 6.04. The van der Waals surface area contributed by atoms with Gasteiger partial charge in [-0.2, -0.15) is 0 Å². The summed E-state index contributed by atoms with van der Waals surface area (Å²) in [5.74, 6) is 1.91. The number of imidazole rings is 1. The predicted octanol–water partition coefficient (Wildman–Crippen LogP) is 3.06. The number of nitrogens with one attached hydrogen (secondary N) is 1. The molecule has 0 amide bonds. The minimum atomic E-state index is 0. The third-order valence-corrected chi connectivity index (χ3v) is 4.36. The number of pyridine rings is 1. The summed E-state index contributed by atoms with van der Waals surface area (Å²) in [6.07, 6.45) is 3.00. The average Bonchev–Trinajstić information content (AvgIpc) is 3.24. The first-order valence-electron chi connectivity index (χ1n) is 7.66. The molecule has 0 aliphatic carbocycles. The number of hydrogen-bond donors (Lipinski definition) is 1. The lowest BCUT2D eigenvalue weighted by Crippen LogP contribution is -2.34. The van der Waals surface area contributed by atoms with Crippen molar-refractivity contribution < 1.29 is 0 Å². The molecule has 1 saturated heterocycles. The van der Waals surface area contributed by atoms with Crippen LogP contribution in [0.1, 0.15) is 6.42 Å². The van der Waals surface area contributed by atoms with Gasteiger partial charge in [-0.1, -0.05) is 18.2 Å². The van der Waals surface area contributed by atoms with Gasteiger partial charge in [0.05, 0.1) is 11.0 Å². The molecule has 3 heterocycles. The minimum Gasteiger partial charge on any atom is -0.355 e. The van der Waals surface area contributed by atoms with Gasteiger partial charge < -0.3 is 10.2 Å². The summed E-state index contributed by atoms with van der Waals surface area (Å²) >= 11 is 0. The summed E-state index contributed by atoms with van der Waals surface area (Å²) in [5, 5.41) is 3.40. The summed E-state index contributed by atoms with van der Waals surface area (Å²) in [6, 6.07) is 14.8. The number of fused-ring (bicyclic) bond motifs is 1. The zero-order valence-electron chi connectivity index (χ0n) is 13.4. The highest BCUT2D eigenvalue weighted by atomic mass is 35.5. The van der Waals surface area contributed by atoms with Crippen molar-refractivity contribution in [3.8, 4) is 5.82 Å². The lowest BCUT2D eigenvalue weighted by Gasteiger charge is -2.25. The van der Waals surface area contributed by atoms with Crippen LogP contribution >= 0.6 is 24.8 Å². The molecule has 0 spiro atoms. The van der Waals surface area contributed by atoms with E-state index in [-0.39, 0.29) is 24.8 Å². The molecule has 1 aliphatic heterocycles. The number of anilines is 1. The van der Waals surface area contributed by atoms with Gasteiger partial charge in [-0.15, -0.1) is 24.8 Å². The Balaban J connectivity index is 0.00000104. The standard InChI is InChI=1S/C17H19N5.2ClH/c1-21(13-9-10-18-11-13)16-7-4-8-17(20-16)22-12-19-14-5-2-3-6-15(14)22;;/h2-8,12-13,18H,9-11H2,1H3;2*1H. The van der Waals surface area contributed by atoms with Crippen molar-refractivity contribution in [3.05, 3.63) is 48.8 Å². The smallest absolute Gasteiger partial charge is 0.140 e. The second kappa shape index (κ2) is 7.83. The van der Waals surface area contributed by atoms with Crippen LogP contribution in [0.15, 0.2) is 48.8 Å². The molecule has 1 atom stereocenters. The van der Waals surface area contributed by atoms with Gasteiger partial charge in [-0.25, -0.2) is 9.97 Å². The average molecular weight is 366 g/mol. The van der Waals surface area contributed by atoms with Gasteiger partial charge in [-0.3, -0.25) is 4.57 Å². The fraction of sp³-hybridized carbons (Fsp3) is 0.294. The van der Waals surface area contributed by atoms with Crippen molar-refractivity contribution in [3.63, 3.8) is 0 Å². The fourth-order valence-electron chi connectivity index (χ4n) is 3.04. The summed E-state index contributed by atoms with van der Waals surface area (Å²) in [7, 11) is 2.12. The van der Waals surface area contributed by atoms with E-state index in [9.17, 15) is 0 Å². The van der Waals surface area contributed by atoms with Crippen molar-refractivity contribution in [2.75, 3.05) is 25.0 Å². The van der Waals surface area contributed by atoms with Crippen molar-refractivity contribution in [2.24, 2.45) is 0 Å². The molecule has 3 aromatic rings. The number of nitrogens with zero attached hydrogens (tertiary/aromatic N) is 4. The number of aromatic nitrogens is 3. The van der Waals surface area contributed by atoms with Crippen LogP contribution in [-0.2, 0) is 0 Å². The first-order valence-corrected chi connectivity index (χ1v) is 7.66. The van der Waals surface area contributed by atoms with Crippen LogP contribution in [0.5, 0.6) is 0 Å². The molecule has 1 aromatic carbocycles. The summed E-state index contributed by atoms with van der Waals surface area (Å²) in [6.45, 7) is 2.11. The largest absolute Gasteiger partial charge is 0.355 e. The summed E-state index contributed by atoms with van der Waals surface area (Å²) < 4.78 is 2.04. The predicted molar refractivity (Wildman–Crippen MR) is 103 cm³/mol. The van der Waals surface area contributed by atoms with E-state index in [1.807, 2.05) is 35.2 Å². The van der Waals surface area contributed by atoms with Crippen LogP contribution in [0.25, 0.3) is 16.9 Å². The molecule has 1 fully saturated rings. The quantitative estimate of drug-likeness (QED) is 0.774. The van der Waals surface area contributed by atoms with Gasteiger partial charge in [0.1, 0.15) is 18.0 Å². The Morgan fingerprint density at radius 2 is 1.96 bits per heavy atom. The minimum absolute atomic E-state index is 0. The molecule has 2 aromatic heterocycles. The third-order valence-electron chi connectivity index (χ3n) is 4.36. The molecular formula is C17H21Cl2N5. The summed E-state index contributed by atoms with van der Waals surface area (Å²) in [4.78, 5) is 11.5. The second-order valence-corrected chi connectivity index (χ2v) is 5.71. The maximum absolute atomic E-state index is 4.83. The Bertz CT molecular complexity index is 798. The van der Waals surface area contributed by atoms with Crippen LogP contribution in [0, 0.1) is 0 Å². The highest BCUT2D eigenvalue weighted by Crippen LogP contribution is 2.20. The summed E-state index contributed by atoms with van der Waals surface area (Å²) in [5.41, 5.74) is 2.07. The van der Waals surface area contributed by atoms with Crippen LogP contribution in [0.2, 0.25) is 0 Å². The third kappa shape index (κ3) is 3.34. The number of para-hydroxylation sites is 2.